The summed E-state index contributed by atoms with van der Waals surface area (Å²) in [5.41, 5.74) is 4.66. The van der Waals surface area contributed by atoms with E-state index in [1.54, 1.807) is 0 Å². The number of hydrogen-bond donors (Lipinski definition) is 2. The number of aliphatic imine (C=N–C) groups is 1. The molecule has 0 saturated carbocycles. The van der Waals surface area contributed by atoms with Gasteiger partial charge in [0, 0.05) is 19.0 Å². The standard InChI is InChI=1S/C16H19N3O2/c20-16(21)19-9-6-10-4-5-11-12(14(10)19)2-1-3-13(11)15-17-7-8-18-15/h4-5,13H,1-3,6-9H2,(H,17,18)(H,20,21). The molecule has 1 atom stereocenters. The Morgan fingerprint density at radius 3 is 3.05 bits per heavy atom. The summed E-state index contributed by atoms with van der Waals surface area (Å²) in [6, 6.07) is 4.32. The summed E-state index contributed by atoms with van der Waals surface area (Å²) in [6.45, 7) is 2.37. The molecule has 110 valence electrons. The first-order valence-corrected chi connectivity index (χ1v) is 7.69. The fourth-order valence-electron chi connectivity index (χ4n) is 3.94. The highest BCUT2D eigenvalue weighted by atomic mass is 16.4. The summed E-state index contributed by atoms with van der Waals surface area (Å²) in [5, 5.41) is 12.8. The molecule has 0 aromatic heterocycles. The van der Waals surface area contributed by atoms with Gasteiger partial charge in [0.1, 0.15) is 5.84 Å². The van der Waals surface area contributed by atoms with Gasteiger partial charge in [-0.15, -0.1) is 0 Å². The number of amides is 1. The van der Waals surface area contributed by atoms with E-state index in [1.165, 1.54) is 21.6 Å². The molecule has 1 aromatic rings. The Morgan fingerprint density at radius 1 is 1.38 bits per heavy atom. The van der Waals surface area contributed by atoms with Gasteiger partial charge < -0.3 is 10.4 Å². The fraction of sp³-hybridized carbons (Fsp3) is 0.500. The highest BCUT2D eigenvalue weighted by Gasteiger charge is 2.33. The van der Waals surface area contributed by atoms with E-state index in [1.807, 2.05) is 0 Å². The fourth-order valence-corrected chi connectivity index (χ4v) is 3.94. The molecule has 1 aromatic carbocycles. The number of benzene rings is 1. The van der Waals surface area contributed by atoms with Crippen molar-refractivity contribution in [3.63, 3.8) is 0 Å². The van der Waals surface area contributed by atoms with E-state index in [9.17, 15) is 9.90 Å². The van der Waals surface area contributed by atoms with E-state index in [2.05, 4.69) is 22.4 Å². The Labute approximate surface area is 123 Å². The molecule has 5 nitrogen and oxygen atoms in total. The lowest BCUT2D eigenvalue weighted by Gasteiger charge is -2.29. The van der Waals surface area contributed by atoms with Crippen LogP contribution in [0.2, 0.25) is 0 Å². The predicted molar refractivity (Wildman–Crippen MR) is 81.5 cm³/mol. The number of carbonyl (C=O) groups is 1. The maximum absolute atomic E-state index is 11.5. The van der Waals surface area contributed by atoms with Gasteiger partial charge in [0.25, 0.3) is 0 Å². The van der Waals surface area contributed by atoms with Crippen LogP contribution in [0.5, 0.6) is 0 Å². The molecule has 0 saturated heterocycles. The lowest BCUT2D eigenvalue weighted by atomic mass is 9.80. The third-order valence-corrected chi connectivity index (χ3v) is 4.83. The smallest absolute Gasteiger partial charge is 0.411 e. The number of hydrogen-bond acceptors (Lipinski definition) is 3. The molecular formula is C16H19N3O2. The third-order valence-electron chi connectivity index (χ3n) is 4.83. The topological polar surface area (TPSA) is 64.9 Å². The van der Waals surface area contributed by atoms with Crippen LogP contribution in [0.3, 0.4) is 0 Å². The zero-order chi connectivity index (χ0) is 14.4. The van der Waals surface area contributed by atoms with Crippen molar-refractivity contribution < 1.29 is 9.90 Å². The molecule has 4 rings (SSSR count). The molecule has 1 aliphatic carbocycles. The summed E-state index contributed by atoms with van der Waals surface area (Å²) < 4.78 is 0. The van der Waals surface area contributed by atoms with Crippen LogP contribution in [0.4, 0.5) is 10.5 Å². The lowest BCUT2D eigenvalue weighted by Crippen LogP contribution is -2.31. The first-order chi connectivity index (χ1) is 10.3. The Bertz CT molecular complexity index is 639. The van der Waals surface area contributed by atoms with Crippen molar-refractivity contribution in [2.45, 2.75) is 31.6 Å². The van der Waals surface area contributed by atoms with E-state index >= 15 is 0 Å². The van der Waals surface area contributed by atoms with Crippen LogP contribution < -0.4 is 10.2 Å². The van der Waals surface area contributed by atoms with Crippen LogP contribution in [0.1, 0.15) is 35.4 Å². The van der Waals surface area contributed by atoms with Gasteiger partial charge in [-0.3, -0.25) is 9.89 Å². The average molecular weight is 285 g/mol. The second kappa shape index (κ2) is 4.76. The van der Waals surface area contributed by atoms with Gasteiger partial charge in [-0.05, 0) is 42.4 Å². The van der Waals surface area contributed by atoms with Crippen LogP contribution in [0.15, 0.2) is 17.1 Å². The number of fused-ring (bicyclic) bond motifs is 3. The van der Waals surface area contributed by atoms with Gasteiger partial charge in [-0.1, -0.05) is 12.1 Å². The van der Waals surface area contributed by atoms with Crippen LogP contribution in [0, 0.1) is 0 Å². The van der Waals surface area contributed by atoms with Gasteiger partial charge in [0.2, 0.25) is 0 Å². The van der Waals surface area contributed by atoms with Crippen LogP contribution in [0.25, 0.3) is 0 Å². The van der Waals surface area contributed by atoms with Gasteiger partial charge in [0.05, 0.1) is 12.2 Å². The zero-order valence-corrected chi connectivity index (χ0v) is 11.9. The minimum Gasteiger partial charge on any atom is -0.465 e. The van der Waals surface area contributed by atoms with E-state index in [-0.39, 0.29) is 0 Å². The minimum atomic E-state index is -0.833. The molecule has 2 heterocycles. The Kier molecular flexibility index (Phi) is 2.87. The lowest BCUT2D eigenvalue weighted by molar-refractivity contribution is 0.202. The second-order valence-corrected chi connectivity index (χ2v) is 5.96. The van der Waals surface area contributed by atoms with Crippen molar-refractivity contribution in [1.82, 2.24) is 5.32 Å². The predicted octanol–water partition coefficient (Wildman–Crippen LogP) is 2.15. The van der Waals surface area contributed by atoms with Crippen molar-refractivity contribution >= 4 is 17.6 Å². The maximum atomic E-state index is 11.5. The second-order valence-electron chi connectivity index (χ2n) is 5.96. The summed E-state index contributed by atoms with van der Waals surface area (Å²) in [7, 11) is 0. The molecule has 0 radical (unpaired) electrons. The molecule has 0 fully saturated rings. The summed E-state index contributed by atoms with van der Waals surface area (Å²) in [6.07, 6.45) is 3.18. The molecular weight excluding hydrogens is 266 g/mol. The number of nitrogens with zero attached hydrogens (tertiary/aromatic N) is 2. The quantitative estimate of drug-likeness (QED) is 0.831. The van der Waals surface area contributed by atoms with Gasteiger partial charge in [-0.2, -0.15) is 0 Å². The molecule has 1 amide bonds. The van der Waals surface area contributed by atoms with Crippen molar-refractivity contribution in [3.05, 3.63) is 28.8 Å². The molecule has 2 N–H and O–H groups in total. The largest absolute Gasteiger partial charge is 0.465 e. The molecule has 2 aliphatic heterocycles. The van der Waals surface area contributed by atoms with Crippen LogP contribution >= 0.6 is 0 Å². The summed E-state index contributed by atoms with van der Waals surface area (Å²) in [4.78, 5) is 17.6. The first kappa shape index (κ1) is 12.7. The van der Waals surface area contributed by atoms with Crippen molar-refractivity contribution in [3.8, 4) is 0 Å². The minimum absolute atomic E-state index is 0.317. The van der Waals surface area contributed by atoms with Crippen molar-refractivity contribution in [1.29, 1.82) is 0 Å². The van der Waals surface area contributed by atoms with Gasteiger partial charge in [0.15, 0.2) is 0 Å². The van der Waals surface area contributed by atoms with E-state index in [0.29, 0.717) is 12.5 Å². The number of carboxylic acid groups (broad SMARTS) is 1. The Morgan fingerprint density at radius 2 is 2.29 bits per heavy atom. The van der Waals surface area contributed by atoms with Crippen LogP contribution in [-0.2, 0) is 12.8 Å². The highest BCUT2D eigenvalue weighted by molar-refractivity contribution is 5.94. The monoisotopic (exact) mass is 285 g/mol. The summed E-state index contributed by atoms with van der Waals surface area (Å²) in [5.74, 6) is 1.41. The normalized spacial score (nSPS) is 23.3. The van der Waals surface area contributed by atoms with Crippen molar-refractivity contribution in [2.24, 2.45) is 4.99 Å². The molecule has 0 bridgehead atoms. The van der Waals surface area contributed by atoms with E-state index < -0.39 is 6.09 Å². The SMILES string of the molecule is O=C(O)N1CCc2ccc3c(c21)CCCC3C1=NCCN1. The number of amidine groups is 1. The molecule has 5 heteroatoms. The third kappa shape index (κ3) is 1.91. The molecule has 0 spiro atoms. The van der Waals surface area contributed by atoms with Crippen molar-refractivity contribution in [2.75, 3.05) is 24.5 Å². The molecule has 1 unspecified atom stereocenters. The molecule has 3 aliphatic rings. The highest BCUT2D eigenvalue weighted by Crippen LogP contribution is 2.42. The zero-order valence-electron chi connectivity index (χ0n) is 11.9. The number of anilines is 1. The van der Waals surface area contributed by atoms with Gasteiger partial charge in [-0.25, -0.2) is 4.79 Å². The van der Waals surface area contributed by atoms with E-state index in [0.717, 1.165) is 50.3 Å². The Hall–Kier alpha value is -2.04. The number of rotatable bonds is 1. The van der Waals surface area contributed by atoms with Gasteiger partial charge >= 0.3 is 6.09 Å². The first-order valence-electron chi connectivity index (χ1n) is 7.69. The van der Waals surface area contributed by atoms with E-state index in [4.69, 9.17) is 0 Å². The number of nitrogens with one attached hydrogen (secondary N) is 1. The maximum Gasteiger partial charge on any atom is 0.411 e. The Balaban J connectivity index is 1.81. The summed E-state index contributed by atoms with van der Waals surface area (Å²) >= 11 is 0. The van der Waals surface area contributed by atoms with Crippen LogP contribution in [-0.4, -0.2) is 36.7 Å². The average Bonchev–Trinajstić information content (AvgIpc) is 3.15. The molecule has 21 heavy (non-hydrogen) atoms.